The lowest BCUT2D eigenvalue weighted by molar-refractivity contribution is 0.0785. The zero-order chi connectivity index (χ0) is 17.8. The van der Waals surface area contributed by atoms with E-state index >= 15 is 0 Å². The van der Waals surface area contributed by atoms with Gasteiger partial charge in [0.1, 0.15) is 0 Å². The van der Waals surface area contributed by atoms with Crippen LogP contribution in [0.15, 0.2) is 65.4 Å². The van der Waals surface area contributed by atoms with E-state index in [1.807, 2.05) is 35.1 Å². The Bertz CT molecular complexity index is 879. The van der Waals surface area contributed by atoms with E-state index in [9.17, 15) is 4.79 Å². The van der Waals surface area contributed by atoms with Gasteiger partial charge in [0, 0.05) is 29.8 Å². The molecule has 1 amide bonds. The van der Waals surface area contributed by atoms with Crippen LogP contribution < -0.4 is 0 Å². The van der Waals surface area contributed by atoms with Gasteiger partial charge in [-0.25, -0.2) is 0 Å². The molecule has 0 fully saturated rings. The van der Waals surface area contributed by atoms with Crippen LogP contribution in [0.2, 0.25) is 5.02 Å². The second-order valence-electron chi connectivity index (χ2n) is 5.82. The summed E-state index contributed by atoms with van der Waals surface area (Å²) in [5, 5.41) is 4.82. The lowest BCUT2D eigenvalue weighted by Gasteiger charge is -2.17. The Morgan fingerprint density at radius 2 is 1.96 bits per heavy atom. The third kappa shape index (κ3) is 4.50. The first-order valence-corrected chi connectivity index (χ1v) is 8.96. The Labute approximate surface area is 160 Å². The van der Waals surface area contributed by atoms with Crippen molar-refractivity contribution in [2.45, 2.75) is 13.1 Å². The molecule has 0 aliphatic heterocycles. The Hall–Kier alpha value is -2.11. The molecular formula is C19H17BrClN3O. The molecular weight excluding hydrogens is 402 g/mol. The number of rotatable bonds is 5. The fourth-order valence-electron chi connectivity index (χ4n) is 2.56. The molecule has 4 nitrogen and oxygen atoms in total. The molecule has 3 aromatic rings. The molecule has 0 spiro atoms. The largest absolute Gasteiger partial charge is 0.337 e. The Morgan fingerprint density at radius 3 is 2.72 bits per heavy atom. The molecule has 0 unspecified atom stereocenters. The zero-order valence-electron chi connectivity index (χ0n) is 13.7. The maximum atomic E-state index is 12.6. The van der Waals surface area contributed by atoms with E-state index in [0.717, 1.165) is 10.0 Å². The minimum atomic E-state index is -0.123. The molecule has 1 heterocycles. The normalized spacial score (nSPS) is 10.7. The molecule has 128 valence electrons. The van der Waals surface area contributed by atoms with Crippen molar-refractivity contribution in [1.29, 1.82) is 0 Å². The monoisotopic (exact) mass is 417 g/mol. The molecule has 2 aromatic carbocycles. The van der Waals surface area contributed by atoms with Crippen molar-refractivity contribution in [2.24, 2.45) is 0 Å². The third-order valence-corrected chi connectivity index (χ3v) is 4.62. The smallest absolute Gasteiger partial charge is 0.255 e. The highest BCUT2D eigenvalue weighted by molar-refractivity contribution is 9.10. The van der Waals surface area contributed by atoms with E-state index in [0.29, 0.717) is 23.7 Å². The van der Waals surface area contributed by atoms with Gasteiger partial charge in [-0.1, -0.05) is 57.9 Å². The summed E-state index contributed by atoms with van der Waals surface area (Å²) in [5.41, 5.74) is 2.63. The van der Waals surface area contributed by atoms with Gasteiger partial charge in [-0.3, -0.25) is 9.48 Å². The predicted molar refractivity (Wildman–Crippen MR) is 103 cm³/mol. The summed E-state index contributed by atoms with van der Waals surface area (Å²) in [4.78, 5) is 14.2. The topological polar surface area (TPSA) is 38.1 Å². The first-order valence-electron chi connectivity index (χ1n) is 7.78. The fourth-order valence-corrected chi connectivity index (χ4v) is 3.12. The first kappa shape index (κ1) is 17.7. The summed E-state index contributed by atoms with van der Waals surface area (Å²) in [7, 11) is 1.76. The van der Waals surface area contributed by atoms with Crippen LogP contribution in [-0.2, 0) is 13.1 Å². The number of halogens is 2. The predicted octanol–water partition coefficient (Wildman–Crippen LogP) is 4.62. The number of hydrogen-bond donors (Lipinski definition) is 0. The van der Waals surface area contributed by atoms with Crippen LogP contribution in [0.4, 0.5) is 0 Å². The maximum Gasteiger partial charge on any atom is 0.255 e. The number of carbonyl (C=O) groups excluding carboxylic acids is 1. The number of amides is 1. The summed E-state index contributed by atoms with van der Waals surface area (Å²) in [5.74, 6) is -0.123. The highest BCUT2D eigenvalue weighted by Crippen LogP contribution is 2.22. The van der Waals surface area contributed by atoms with Crippen LogP contribution in [0.25, 0.3) is 0 Å². The van der Waals surface area contributed by atoms with Crippen LogP contribution in [-0.4, -0.2) is 27.6 Å². The quantitative estimate of drug-likeness (QED) is 0.606. The van der Waals surface area contributed by atoms with E-state index < -0.39 is 0 Å². The van der Waals surface area contributed by atoms with Crippen molar-refractivity contribution >= 4 is 33.4 Å². The van der Waals surface area contributed by atoms with Crippen LogP contribution in [0, 0.1) is 0 Å². The van der Waals surface area contributed by atoms with Gasteiger partial charge in [0.15, 0.2) is 0 Å². The van der Waals surface area contributed by atoms with Crippen LogP contribution >= 0.6 is 27.5 Å². The minimum absolute atomic E-state index is 0.123. The molecule has 1 aromatic heterocycles. The molecule has 25 heavy (non-hydrogen) atoms. The summed E-state index contributed by atoms with van der Waals surface area (Å²) >= 11 is 9.52. The SMILES string of the molecule is CN(Cc1cnn(Cc2ccccc2)c1)C(=O)c1cc(Br)ccc1Cl. The second kappa shape index (κ2) is 7.85. The highest BCUT2D eigenvalue weighted by Gasteiger charge is 2.16. The van der Waals surface area contributed by atoms with Gasteiger partial charge in [-0.05, 0) is 23.8 Å². The summed E-state index contributed by atoms with van der Waals surface area (Å²) in [6, 6.07) is 15.4. The zero-order valence-corrected chi connectivity index (χ0v) is 16.0. The van der Waals surface area contributed by atoms with Crippen LogP contribution in [0.1, 0.15) is 21.5 Å². The lowest BCUT2D eigenvalue weighted by Crippen LogP contribution is -2.26. The lowest BCUT2D eigenvalue weighted by atomic mass is 10.2. The minimum Gasteiger partial charge on any atom is -0.337 e. The molecule has 0 radical (unpaired) electrons. The average molecular weight is 419 g/mol. The van der Waals surface area contributed by atoms with Gasteiger partial charge in [-0.15, -0.1) is 0 Å². The van der Waals surface area contributed by atoms with Crippen LogP contribution in [0.5, 0.6) is 0 Å². The van der Waals surface area contributed by atoms with Crippen molar-refractivity contribution in [1.82, 2.24) is 14.7 Å². The summed E-state index contributed by atoms with van der Waals surface area (Å²) in [6.07, 6.45) is 3.74. The van der Waals surface area contributed by atoms with Gasteiger partial charge in [0.25, 0.3) is 5.91 Å². The Balaban J connectivity index is 1.68. The molecule has 3 rings (SSSR count). The summed E-state index contributed by atoms with van der Waals surface area (Å²) in [6.45, 7) is 1.17. The van der Waals surface area contributed by atoms with E-state index in [4.69, 9.17) is 11.6 Å². The molecule has 6 heteroatoms. The van der Waals surface area contributed by atoms with Crippen molar-refractivity contribution < 1.29 is 4.79 Å². The standard InChI is InChI=1S/C19H17BrClN3O/c1-23(19(25)17-9-16(20)7-8-18(17)21)11-15-10-22-24(13-15)12-14-5-3-2-4-6-14/h2-10,13H,11-12H2,1H3. The maximum absolute atomic E-state index is 12.6. The van der Waals surface area contributed by atoms with Gasteiger partial charge in [-0.2, -0.15) is 5.10 Å². The van der Waals surface area contributed by atoms with Crippen LogP contribution in [0.3, 0.4) is 0 Å². The average Bonchev–Trinajstić information content (AvgIpc) is 3.04. The second-order valence-corrected chi connectivity index (χ2v) is 7.14. The van der Waals surface area contributed by atoms with E-state index in [-0.39, 0.29) is 5.91 Å². The van der Waals surface area contributed by atoms with Gasteiger partial charge < -0.3 is 4.90 Å². The number of nitrogens with zero attached hydrogens (tertiary/aromatic N) is 3. The van der Waals surface area contributed by atoms with Gasteiger partial charge >= 0.3 is 0 Å². The molecule has 0 N–H and O–H groups in total. The van der Waals surface area contributed by atoms with Gasteiger partial charge in [0.2, 0.25) is 0 Å². The number of benzene rings is 2. The molecule has 0 aliphatic carbocycles. The highest BCUT2D eigenvalue weighted by atomic mass is 79.9. The Kier molecular flexibility index (Phi) is 5.56. The molecule has 0 aliphatic rings. The van der Waals surface area contributed by atoms with E-state index in [2.05, 4.69) is 33.2 Å². The van der Waals surface area contributed by atoms with Crippen molar-refractivity contribution in [3.63, 3.8) is 0 Å². The fraction of sp³-hybridized carbons (Fsp3) is 0.158. The van der Waals surface area contributed by atoms with Crippen molar-refractivity contribution in [3.05, 3.63) is 87.1 Å². The Morgan fingerprint density at radius 1 is 1.20 bits per heavy atom. The molecule has 0 atom stereocenters. The first-order chi connectivity index (χ1) is 12.0. The van der Waals surface area contributed by atoms with E-state index in [1.165, 1.54) is 5.56 Å². The molecule has 0 saturated carbocycles. The summed E-state index contributed by atoms with van der Waals surface area (Å²) < 4.78 is 2.69. The van der Waals surface area contributed by atoms with Crippen molar-refractivity contribution in [2.75, 3.05) is 7.05 Å². The van der Waals surface area contributed by atoms with E-state index in [1.54, 1.807) is 30.3 Å². The number of hydrogen-bond acceptors (Lipinski definition) is 2. The molecule has 0 bridgehead atoms. The van der Waals surface area contributed by atoms with Crippen molar-refractivity contribution in [3.8, 4) is 0 Å². The van der Waals surface area contributed by atoms with Gasteiger partial charge in [0.05, 0.1) is 23.3 Å². The molecule has 0 saturated heterocycles. The third-order valence-electron chi connectivity index (χ3n) is 3.80. The number of aromatic nitrogens is 2. The number of carbonyl (C=O) groups is 1.